The Balaban J connectivity index is -0.000000845. The van der Waals surface area contributed by atoms with Crippen LogP contribution in [0, 0.1) is 40.5 Å². The summed E-state index contributed by atoms with van der Waals surface area (Å²) in [6.45, 7) is 0. The third-order valence-electron chi connectivity index (χ3n) is 1.13. The Morgan fingerprint density at radius 2 is 0.688 bits per heavy atom. The Bertz CT molecular complexity index is 248. The van der Waals surface area contributed by atoms with Crippen molar-refractivity contribution in [1.82, 2.24) is 0 Å². The van der Waals surface area contributed by atoms with Crippen LogP contribution < -0.4 is 0 Å². The van der Waals surface area contributed by atoms with Gasteiger partial charge in [-0.05, 0) is 0 Å². The first-order valence-corrected chi connectivity index (χ1v) is 2.83. The number of nitro groups is 4. The predicted octanol–water partition coefficient (Wildman–Crippen LogP) is -2.55. The summed E-state index contributed by atoms with van der Waals surface area (Å²) in [6, 6.07) is 0. The molecule has 0 saturated carbocycles. The average molecular weight is 290 g/mol. The maximum absolute atomic E-state index is 9.95. The van der Waals surface area contributed by atoms with Gasteiger partial charge in [0.2, 0.25) is 0 Å². The van der Waals surface area contributed by atoms with Crippen molar-refractivity contribution in [3.63, 3.8) is 0 Å². The Kier molecular flexibility index (Phi) is 13.6. The quantitative estimate of drug-likeness (QED) is 0.230. The molecule has 0 radical (unpaired) electrons. The summed E-state index contributed by atoms with van der Waals surface area (Å²) >= 11 is 0. The molecule has 12 nitrogen and oxygen atoms in total. The molecule has 16 heavy (non-hydrogen) atoms. The average Bonchev–Trinajstić information content (AvgIpc) is 1.96. The van der Waals surface area contributed by atoms with Crippen molar-refractivity contribution in [3.8, 4) is 0 Å². The summed E-state index contributed by atoms with van der Waals surface area (Å²) in [7, 11) is 0. The van der Waals surface area contributed by atoms with E-state index in [4.69, 9.17) is 0 Å². The van der Waals surface area contributed by atoms with E-state index < -0.39 is 32.0 Å². The molecule has 0 aliphatic rings. The summed E-state index contributed by atoms with van der Waals surface area (Å²) in [5, 5.41) is 39.8. The van der Waals surface area contributed by atoms with Crippen LogP contribution in [0.5, 0.6) is 0 Å². The van der Waals surface area contributed by atoms with E-state index in [0.717, 1.165) is 0 Å². The first-order chi connectivity index (χ1) is 6.29. The van der Waals surface area contributed by atoms with Gasteiger partial charge in [0.15, 0.2) is 0 Å². The molecule has 0 unspecified atom stereocenters. The molecule has 14 heteroatoms. The number of nitrogens with zero attached hydrogens (tertiary/aromatic N) is 4. The molecule has 0 aromatic carbocycles. The molecule has 0 rings (SSSR count). The summed E-state index contributed by atoms with van der Waals surface area (Å²) in [4.78, 5) is 33.0. The molecule has 0 aliphatic carbocycles. The molecule has 0 aromatic rings. The van der Waals surface area contributed by atoms with E-state index in [0.29, 0.717) is 0 Å². The molecule has 0 bridgehead atoms. The number of rotatable bonds is 5. The van der Waals surface area contributed by atoms with Crippen LogP contribution in [0.3, 0.4) is 0 Å². The van der Waals surface area contributed by atoms with Gasteiger partial charge in [0.1, 0.15) is 19.7 Å². The number of hydrogen-bond donors (Lipinski definition) is 0. The van der Waals surface area contributed by atoms with Crippen molar-refractivity contribution in [2.45, 2.75) is 12.3 Å². The Morgan fingerprint density at radius 3 is 0.750 bits per heavy atom. The summed E-state index contributed by atoms with van der Waals surface area (Å²) < 4.78 is 0. The molecule has 0 amide bonds. The molecular weight excluding hydrogens is 286 g/mol. The minimum atomic E-state index is -3.08. The van der Waals surface area contributed by atoms with E-state index in [1.54, 1.807) is 0 Å². The van der Waals surface area contributed by atoms with Gasteiger partial charge in [-0.2, -0.15) is 0 Å². The molecule has 0 fully saturated rings. The van der Waals surface area contributed by atoms with Gasteiger partial charge in [-0.15, -0.1) is 0 Å². The zero-order chi connectivity index (χ0) is 11.5. The number of hydrogen-bond acceptors (Lipinski definition) is 8. The van der Waals surface area contributed by atoms with E-state index >= 15 is 0 Å². The fraction of sp³-hybridized carbons (Fsp3) is 1.00. The van der Waals surface area contributed by atoms with Gasteiger partial charge in [-0.1, -0.05) is 0 Å². The minimum absolute atomic E-state index is 0. The predicted molar refractivity (Wildman–Crippen MR) is 49.9 cm³/mol. The molecule has 0 saturated heterocycles. The van der Waals surface area contributed by atoms with Gasteiger partial charge in [0, 0.05) is 0 Å². The second-order valence-electron chi connectivity index (χ2n) is 1.97. The zero-order valence-electron chi connectivity index (χ0n) is 6.21. The van der Waals surface area contributed by atoms with Gasteiger partial charge in [-0.3, -0.25) is 40.5 Å². The third kappa shape index (κ3) is 6.57. The molecule has 0 aliphatic heterocycles. The maximum atomic E-state index is 9.95. The molecular formula is C2H4K2N4O8. The molecule has 82 valence electrons. The first kappa shape index (κ1) is 22.1. The standard InChI is InChI=1S/C2H2N4O8.2K.2H/c7-3(8)1(4(9)10)2(5(11)12)6(13)14;;;;/h1-2H;;;;. The monoisotopic (exact) mass is 290 g/mol. The van der Waals surface area contributed by atoms with E-state index in [2.05, 4.69) is 0 Å². The summed E-state index contributed by atoms with van der Waals surface area (Å²) in [5.41, 5.74) is 0. The van der Waals surface area contributed by atoms with Crippen LogP contribution >= 0.6 is 0 Å². The van der Waals surface area contributed by atoms with Gasteiger partial charge in [0.05, 0.1) is 0 Å². The normalized spacial score (nSPS) is 8.88. The topological polar surface area (TPSA) is 173 Å². The van der Waals surface area contributed by atoms with Gasteiger partial charge in [0.25, 0.3) is 0 Å². The van der Waals surface area contributed by atoms with Crippen molar-refractivity contribution in [2.75, 3.05) is 0 Å². The summed E-state index contributed by atoms with van der Waals surface area (Å²) in [6.07, 6.45) is -6.17. The third-order valence-corrected chi connectivity index (χ3v) is 1.13. The molecule has 0 spiro atoms. The second kappa shape index (κ2) is 9.86. The van der Waals surface area contributed by atoms with E-state index in [1.807, 2.05) is 0 Å². The molecule has 0 N–H and O–H groups in total. The van der Waals surface area contributed by atoms with E-state index in [1.165, 1.54) is 0 Å². The SMILES string of the molecule is O=[N+]([O-])C(C([N+](=O)[O-])[N+](=O)[O-])[N+](=O)[O-].[KH].[KH]. The fourth-order valence-corrected chi connectivity index (χ4v) is 0.589. The van der Waals surface area contributed by atoms with Crippen LogP contribution in [0.4, 0.5) is 0 Å². The van der Waals surface area contributed by atoms with Crippen LogP contribution in [0.15, 0.2) is 0 Å². The Labute approximate surface area is 172 Å². The van der Waals surface area contributed by atoms with Gasteiger partial charge < -0.3 is 0 Å². The van der Waals surface area contributed by atoms with E-state index in [9.17, 15) is 40.5 Å². The molecule has 0 aromatic heterocycles. The van der Waals surface area contributed by atoms with E-state index in [-0.39, 0.29) is 103 Å². The Hall–Kier alpha value is 0.873. The second-order valence-corrected chi connectivity index (χ2v) is 1.97. The van der Waals surface area contributed by atoms with Crippen molar-refractivity contribution >= 4 is 103 Å². The molecule has 0 heterocycles. The van der Waals surface area contributed by atoms with Crippen LogP contribution in [0.1, 0.15) is 0 Å². The van der Waals surface area contributed by atoms with Crippen molar-refractivity contribution in [3.05, 3.63) is 40.5 Å². The molecule has 0 atom stereocenters. The van der Waals surface area contributed by atoms with Crippen LogP contribution in [0.2, 0.25) is 0 Å². The summed E-state index contributed by atoms with van der Waals surface area (Å²) in [5.74, 6) is 0. The van der Waals surface area contributed by atoms with Crippen molar-refractivity contribution < 1.29 is 19.7 Å². The van der Waals surface area contributed by atoms with Crippen LogP contribution in [-0.4, -0.2) is 135 Å². The fourth-order valence-electron chi connectivity index (χ4n) is 0.589. The van der Waals surface area contributed by atoms with Gasteiger partial charge >= 0.3 is 115 Å². The zero-order valence-corrected chi connectivity index (χ0v) is 6.21. The van der Waals surface area contributed by atoms with Crippen LogP contribution in [0.25, 0.3) is 0 Å². The van der Waals surface area contributed by atoms with Crippen molar-refractivity contribution in [2.24, 2.45) is 0 Å². The first-order valence-electron chi connectivity index (χ1n) is 2.83. The van der Waals surface area contributed by atoms with Crippen molar-refractivity contribution in [1.29, 1.82) is 0 Å². The van der Waals surface area contributed by atoms with Gasteiger partial charge in [-0.25, -0.2) is 0 Å². The Morgan fingerprint density at radius 1 is 0.562 bits per heavy atom. The van der Waals surface area contributed by atoms with Crippen LogP contribution in [-0.2, 0) is 0 Å².